The first-order valence-electron chi connectivity index (χ1n) is 8.69. The Morgan fingerprint density at radius 2 is 1.79 bits per heavy atom. The number of methoxy groups -OCH3 is 1. The van der Waals surface area contributed by atoms with Crippen molar-refractivity contribution in [2.75, 3.05) is 7.11 Å². The van der Waals surface area contributed by atoms with Crippen LogP contribution in [0.15, 0.2) is 41.2 Å². The number of benzene rings is 1. The SMILES string of the molecule is COc1nc(-c2ccccc2)c(-c2nn(C(C)C)c(=O)cc2C)nc1C(=O)O. The number of hydrogen-bond donors (Lipinski definition) is 1. The molecule has 0 unspecified atom stereocenters. The lowest BCUT2D eigenvalue weighted by Crippen LogP contribution is -2.25. The lowest BCUT2D eigenvalue weighted by atomic mass is 10.0. The van der Waals surface area contributed by atoms with Gasteiger partial charge in [0.25, 0.3) is 5.56 Å². The molecule has 1 N–H and O–H groups in total. The number of carboxylic acid groups (broad SMARTS) is 1. The highest BCUT2D eigenvalue weighted by atomic mass is 16.5. The molecule has 144 valence electrons. The molecule has 0 fully saturated rings. The second-order valence-electron chi connectivity index (χ2n) is 6.50. The lowest BCUT2D eigenvalue weighted by Gasteiger charge is -2.15. The molecule has 28 heavy (non-hydrogen) atoms. The molecule has 0 atom stereocenters. The maximum Gasteiger partial charge on any atom is 0.360 e. The molecule has 0 spiro atoms. The molecule has 0 aliphatic carbocycles. The fourth-order valence-corrected chi connectivity index (χ4v) is 2.82. The fraction of sp³-hybridized carbons (Fsp3) is 0.250. The number of nitrogens with zero attached hydrogens (tertiary/aromatic N) is 4. The molecule has 2 aromatic heterocycles. The molecule has 0 saturated heterocycles. The second-order valence-corrected chi connectivity index (χ2v) is 6.50. The average Bonchev–Trinajstić information content (AvgIpc) is 2.67. The molecule has 0 aliphatic heterocycles. The summed E-state index contributed by atoms with van der Waals surface area (Å²) in [5.74, 6) is -1.36. The molecule has 0 bridgehead atoms. The number of ether oxygens (including phenoxy) is 1. The molecule has 1 aromatic carbocycles. The third kappa shape index (κ3) is 3.48. The van der Waals surface area contributed by atoms with Crippen LogP contribution in [0.2, 0.25) is 0 Å². The first kappa shape index (κ1) is 19.2. The molecule has 8 heteroatoms. The number of aromatic nitrogens is 4. The van der Waals surface area contributed by atoms with E-state index in [2.05, 4.69) is 15.1 Å². The Bertz CT molecular complexity index is 1090. The molecule has 3 aromatic rings. The van der Waals surface area contributed by atoms with Crippen LogP contribution in [0.1, 0.15) is 35.9 Å². The van der Waals surface area contributed by atoms with Crippen molar-refractivity contribution >= 4 is 5.97 Å². The summed E-state index contributed by atoms with van der Waals surface area (Å²) in [5, 5.41) is 14.0. The van der Waals surface area contributed by atoms with Gasteiger partial charge in [0.15, 0.2) is 0 Å². The number of hydrogen-bond acceptors (Lipinski definition) is 6. The standard InChI is InChI=1S/C20H20N4O4/c1-11(2)24-14(25)10-12(3)15(23-24)17-16(13-8-6-5-7-9-13)22-19(28-4)18(21-17)20(26)27/h5-11H,1-4H3,(H,26,27). The smallest absolute Gasteiger partial charge is 0.360 e. The van der Waals surface area contributed by atoms with Crippen LogP contribution >= 0.6 is 0 Å². The van der Waals surface area contributed by atoms with Gasteiger partial charge in [-0.15, -0.1) is 0 Å². The maximum absolute atomic E-state index is 12.2. The Hall–Kier alpha value is -3.55. The van der Waals surface area contributed by atoms with Crippen LogP contribution < -0.4 is 10.3 Å². The highest BCUT2D eigenvalue weighted by molar-refractivity contribution is 5.90. The minimum absolute atomic E-state index is 0.0927. The average molecular weight is 380 g/mol. The van der Waals surface area contributed by atoms with Gasteiger partial charge in [0.1, 0.15) is 17.1 Å². The number of carbonyl (C=O) groups is 1. The van der Waals surface area contributed by atoms with Crippen LogP contribution in [0.5, 0.6) is 5.88 Å². The Morgan fingerprint density at radius 1 is 1.11 bits per heavy atom. The number of carboxylic acids is 1. The predicted molar refractivity (Wildman–Crippen MR) is 104 cm³/mol. The highest BCUT2D eigenvalue weighted by Gasteiger charge is 2.24. The van der Waals surface area contributed by atoms with Crippen molar-refractivity contribution in [1.82, 2.24) is 19.7 Å². The third-order valence-corrected chi connectivity index (χ3v) is 4.17. The van der Waals surface area contributed by atoms with Crippen molar-refractivity contribution in [3.8, 4) is 28.5 Å². The zero-order chi connectivity index (χ0) is 20.4. The van der Waals surface area contributed by atoms with E-state index in [1.165, 1.54) is 17.9 Å². The van der Waals surface area contributed by atoms with Crippen LogP contribution in [0, 0.1) is 6.92 Å². The van der Waals surface area contributed by atoms with Gasteiger partial charge in [-0.3, -0.25) is 4.79 Å². The van der Waals surface area contributed by atoms with Gasteiger partial charge < -0.3 is 9.84 Å². The van der Waals surface area contributed by atoms with Crippen LogP contribution in [-0.2, 0) is 0 Å². The van der Waals surface area contributed by atoms with Gasteiger partial charge in [0.05, 0.1) is 13.2 Å². The quantitative estimate of drug-likeness (QED) is 0.725. The fourth-order valence-electron chi connectivity index (χ4n) is 2.82. The minimum atomic E-state index is -1.26. The van der Waals surface area contributed by atoms with E-state index in [9.17, 15) is 14.7 Å². The molecule has 0 saturated carbocycles. The van der Waals surface area contributed by atoms with E-state index in [0.29, 0.717) is 17.0 Å². The summed E-state index contributed by atoms with van der Waals surface area (Å²) in [4.78, 5) is 32.6. The summed E-state index contributed by atoms with van der Waals surface area (Å²) >= 11 is 0. The van der Waals surface area contributed by atoms with Gasteiger partial charge in [-0.25, -0.2) is 19.4 Å². The summed E-state index contributed by atoms with van der Waals surface area (Å²) in [5.41, 5.74) is 1.84. The summed E-state index contributed by atoms with van der Waals surface area (Å²) < 4.78 is 6.48. The maximum atomic E-state index is 12.2. The Morgan fingerprint density at radius 3 is 2.36 bits per heavy atom. The Labute approximate surface area is 161 Å². The van der Waals surface area contributed by atoms with Crippen LogP contribution in [0.4, 0.5) is 0 Å². The number of rotatable bonds is 5. The summed E-state index contributed by atoms with van der Waals surface area (Å²) in [6.45, 7) is 5.41. The third-order valence-electron chi connectivity index (χ3n) is 4.17. The van der Waals surface area contributed by atoms with E-state index in [0.717, 1.165) is 5.56 Å². The summed E-state index contributed by atoms with van der Waals surface area (Å²) in [6.07, 6.45) is 0. The topological polar surface area (TPSA) is 107 Å². The molecule has 2 heterocycles. The minimum Gasteiger partial charge on any atom is -0.479 e. The van der Waals surface area contributed by atoms with Crippen molar-refractivity contribution in [2.45, 2.75) is 26.8 Å². The van der Waals surface area contributed by atoms with Crippen molar-refractivity contribution in [2.24, 2.45) is 0 Å². The molecule has 3 rings (SSSR count). The van der Waals surface area contributed by atoms with Gasteiger partial charge in [-0.1, -0.05) is 30.3 Å². The van der Waals surface area contributed by atoms with Crippen LogP contribution in [0.3, 0.4) is 0 Å². The molecule has 0 amide bonds. The van der Waals surface area contributed by atoms with Gasteiger partial charge in [0.2, 0.25) is 11.6 Å². The predicted octanol–water partition coefficient (Wildman–Crippen LogP) is 2.96. The molecule has 0 radical (unpaired) electrons. The van der Waals surface area contributed by atoms with Gasteiger partial charge in [-0.2, -0.15) is 5.10 Å². The van der Waals surface area contributed by atoms with Crippen molar-refractivity contribution in [3.05, 3.63) is 58.0 Å². The zero-order valence-electron chi connectivity index (χ0n) is 16.0. The van der Waals surface area contributed by atoms with E-state index >= 15 is 0 Å². The van der Waals surface area contributed by atoms with Gasteiger partial charge in [-0.05, 0) is 26.3 Å². The highest BCUT2D eigenvalue weighted by Crippen LogP contribution is 2.32. The Kier molecular flexibility index (Phi) is 5.21. The van der Waals surface area contributed by atoms with Crippen LogP contribution in [0.25, 0.3) is 22.6 Å². The van der Waals surface area contributed by atoms with E-state index in [1.807, 2.05) is 44.2 Å². The number of aryl methyl sites for hydroxylation is 1. The summed E-state index contributed by atoms with van der Waals surface area (Å²) in [7, 11) is 1.34. The van der Waals surface area contributed by atoms with Gasteiger partial charge in [0, 0.05) is 11.6 Å². The summed E-state index contributed by atoms with van der Waals surface area (Å²) in [6, 6.07) is 10.5. The Balaban J connectivity index is 2.39. The lowest BCUT2D eigenvalue weighted by molar-refractivity contribution is 0.0685. The number of aromatic carboxylic acids is 1. The normalized spacial score (nSPS) is 10.9. The van der Waals surface area contributed by atoms with E-state index in [4.69, 9.17) is 4.74 Å². The zero-order valence-corrected chi connectivity index (χ0v) is 16.0. The largest absolute Gasteiger partial charge is 0.479 e. The molecule has 0 aliphatic rings. The second kappa shape index (κ2) is 7.59. The van der Waals surface area contributed by atoms with E-state index < -0.39 is 5.97 Å². The first-order chi connectivity index (χ1) is 13.3. The van der Waals surface area contributed by atoms with Crippen molar-refractivity contribution in [3.63, 3.8) is 0 Å². The molecule has 8 nitrogen and oxygen atoms in total. The molecular weight excluding hydrogens is 360 g/mol. The van der Waals surface area contributed by atoms with Crippen molar-refractivity contribution < 1.29 is 14.6 Å². The van der Waals surface area contributed by atoms with Gasteiger partial charge >= 0.3 is 5.97 Å². The van der Waals surface area contributed by atoms with Crippen LogP contribution in [-0.4, -0.2) is 37.9 Å². The van der Waals surface area contributed by atoms with E-state index in [-0.39, 0.29) is 28.9 Å². The van der Waals surface area contributed by atoms with E-state index in [1.54, 1.807) is 6.92 Å². The first-order valence-corrected chi connectivity index (χ1v) is 8.69. The van der Waals surface area contributed by atoms with Crippen molar-refractivity contribution in [1.29, 1.82) is 0 Å². The monoisotopic (exact) mass is 380 g/mol. The molecular formula is C20H20N4O4.